The van der Waals surface area contributed by atoms with Gasteiger partial charge in [0.1, 0.15) is 0 Å². The van der Waals surface area contributed by atoms with Gasteiger partial charge in [-0.1, -0.05) is 0 Å². The summed E-state index contributed by atoms with van der Waals surface area (Å²) in [6.45, 7) is 0. The van der Waals surface area contributed by atoms with Crippen LogP contribution in [0.3, 0.4) is 0 Å². The fourth-order valence-corrected chi connectivity index (χ4v) is 9.76. The number of hydrogen-bond acceptors (Lipinski definition) is 1. The first-order valence-corrected chi connectivity index (χ1v) is 11.2. The van der Waals surface area contributed by atoms with Gasteiger partial charge in [-0.25, -0.2) is 0 Å². The maximum absolute atomic E-state index is 13.8. The molecule has 2 nitrogen and oxygen atoms in total. The number of nitrogens with one attached hydrogen (secondary N) is 1. The van der Waals surface area contributed by atoms with E-state index in [0.29, 0.717) is 0 Å². The average molecular weight is 396 g/mol. The number of benzene rings is 4. The summed E-state index contributed by atoms with van der Waals surface area (Å²) in [5.74, 6) is 0. The van der Waals surface area contributed by atoms with Crippen molar-refractivity contribution in [3.05, 3.63) is 78.9 Å². The molecule has 5 rings (SSSR count). The standard InChI is InChI=1S/C20H15NOSSe/c22-23(18-10-9-14-5-1-2-6-15(14)11-18)19-12-16-7-3-4-8-17(16)13-20(19)24-21-23/h1-13,23H,(H,21,22). The molecular formula is C20H15NOSSe. The molecule has 0 aliphatic carbocycles. The fraction of sp³-hybridized carbons (Fsp3) is 0. The second kappa shape index (κ2) is 5.27. The quantitative estimate of drug-likeness (QED) is 0.376. The van der Waals surface area contributed by atoms with Crippen molar-refractivity contribution in [2.24, 2.45) is 0 Å². The first kappa shape index (κ1) is 14.4. The van der Waals surface area contributed by atoms with Gasteiger partial charge in [-0.15, -0.1) is 0 Å². The Kier molecular flexibility index (Phi) is 3.15. The zero-order valence-corrected chi connectivity index (χ0v) is 15.4. The molecular weight excluding hydrogens is 381 g/mol. The van der Waals surface area contributed by atoms with Crippen LogP contribution in [-0.2, 0) is 10.1 Å². The monoisotopic (exact) mass is 397 g/mol. The summed E-state index contributed by atoms with van der Waals surface area (Å²) in [5, 5.41) is 4.67. The van der Waals surface area contributed by atoms with Crippen molar-refractivity contribution in [1.82, 2.24) is 3.74 Å². The van der Waals surface area contributed by atoms with Gasteiger partial charge < -0.3 is 0 Å². The predicted molar refractivity (Wildman–Crippen MR) is 102 cm³/mol. The molecule has 1 N–H and O–H groups in total. The second-order valence-electron chi connectivity index (χ2n) is 6.00. The molecule has 0 amide bonds. The Bertz CT molecular complexity index is 1150. The Balaban J connectivity index is 1.74. The van der Waals surface area contributed by atoms with Gasteiger partial charge in [-0.05, 0) is 0 Å². The minimum atomic E-state index is -2.74. The van der Waals surface area contributed by atoms with Crippen molar-refractivity contribution < 1.29 is 4.21 Å². The van der Waals surface area contributed by atoms with Crippen LogP contribution in [0.4, 0.5) is 0 Å². The molecule has 1 aliphatic rings. The minimum absolute atomic E-state index is 0.0422. The van der Waals surface area contributed by atoms with Gasteiger partial charge in [0.2, 0.25) is 0 Å². The van der Waals surface area contributed by atoms with E-state index in [4.69, 9.17) is 0 Å². The number of fused-ring (bicyclic) bond motifs is 3. The van der Waals surface area contributed by atoms with Crippen molar-refractivity contribution in [1.29, 1.82) is 0 Å². The maximum atomic E-state index is 13.8. The molecule has 24 heavy (non-hydrogen) atoms. The Labute approximate surface area is 147 Å². The van der Waals surface area contributed by atoms with Crippen LogP contribution in [0.15, 0.2) is 88.7 Å². The molecule has 1 aliphatic heterocycles. The van der Waals surface area contributed by atoms with Crippen LogP contribution in [0.2, 0.25) is 0 Å². The average Bonchev–Trinajstić information content (AvgIpc) is 2.97. The summed E-state index contributed by atoms with van der Waals surface area (Å²) in [4.78, 5) is 1.88. The van der Waals surface area contributed by atoms with Crippen LogP contribution in [-0.4, -0.2) is 19.4 Å². The van der Waals surface area contributed by atoms with Gasteiger partial charge in [0, 0.05) is 0 Å². The van der Waals surface area contributed by atoms with Crippen LogP contribution in [0, 0.1) is 0 Å². The number of hydrogen-bond donors (Lipinski definition) is 2. The summed E-state index contributed by atoms with van der Waals surface area (Å²) in [7, 11) is -2.74. The molecule has 0 saturated carbocycles. The summed E-state index contributed by atoms with van der Waals surface area (Å²) in [5.41, 5.74) is 0. The zero-order valence-electron chi connectivity index (χ0n) is 12.8. The van der Waals surface area contributed by atoms with E-state index >= 15 is 0 Å². The molecule has 0 atom stereocenters. The van der Waals surface area contributed by atoms with E-state index in [1.165, 1.54) is 15.2 Å². The van der Waals surface area contributed by atoms with Crippen LogP contribution in [0.1, 0.15) is 0 Å². The van der Waals surface area contributed by atoms with Gasteiger partial charge in [-0.3, -0.25) is 0 Å². The van der Waals surface area contributed by atoms with E-state index in [2.05, 4.69) is 52.3 Å². The van der Waals surface area contributed by atoms with Gasteiger partial charge in [-0.2, -0.15) is 0 Å². The van der Waals surface area contributed by atoms with Crippen molar-refractivity contribution in [3.8, 4) is 0 Å². The molecule has 0 saturated heterocycles. The third-order valence-electron chi connectivity index (χ3n) is 4.55. The van der Waals surface area contributed by atoms with E-state index in [1.54, 1.807) is 0 Å². The van der Waals surface area contributed by atoms with Gasteiger partial charge in [0.15, 0.2) is 0 Å². The topological polar surface area (TPSA) is 29.1 Å². The van der Waals surface area contributed by atoms with Gasteiger partial charge in [0.25, 0.3) is 0 Å². The normalized spacial score (nSPS) is 17.0. The van der Waals surface area contributed by atoms with Gasteiger partial charge >= 0.3 is 148 Å². The van der Waals surface area contributed by atoms with Crippen LogP contribution in [0.5, 0.6) is 0 Å². The molecule has 4 heteroatoms. The molecule has 0 aromatic heterocycles. The molecule has 0 unspecified atom stereocenters. The summed E-state index contributed by atoms with van der Waals surface area (Å²) >= 11 is 0.0422. The first-order chi connectivity index (χ1) is 11.7. The molecule has 0 fully saturated rings. The third-order valence-corrected chi connectivity index (χ3v) is 10.7. The van der Waals surface area contributed by atoms with Crippen molar-refractivity contribution in [2.75, 3.05) is 0 Å². The molecule has 0 spiro atoms. The Morgan fingerprint density at radius 1 is 0.708 bits per heavy atom. The van der Waals surface area contributed by atoms with Crippen molar-refractivity contribution in [2.45, 2.75) is 9.79 Å². The van der Waals surface area contributed by atoms with Crippen molar-refractivity contribution in [3.63, 3.8) is 0 Å². The summed E-state index contributed by atoms with van der Waals surface area (Å²) < 4.78 is 18.4. The molecule has 1 heterocycles. The van der Waals surface area contributed by atoms with Crippen LogP contribution in [0.25, 0.3) is 21.5 Å². The molecule has 118 valence electrons. The fourth-order valence-electron chi connectivity index (χ4n) is 3.26. The van der Waals surface area contributed by atoms with Gasteiger partial charge in [0.05, 0.1) is 0 Å². The predicted octanol–water partition coefficient (Wildman–Crippen LogP) is 3.19. The first-order valence-electron chi connectivity index (χ1n) is 7.81. The molecule has 4 aromatic rings. The van der Waals surface area contributed by atoms with E-state index < -0.39 is 10.1 Å². The van der Waals surface area contributed by atoms with E-state index in [9.17, 15) is 4.21 Å². The zero-order chi connectivity index (χ0) is 16.1. The molecule has 4 aromatic carbocycles. The Morgan fingerprint density at radius 2 is 1.33 bits per heavy atom. The second-order valence-corrected chi connectivity index (χ2v) is 10.9. The summed E-state index contributed by atoms with van der Waals surface area (Å²) in [6.07, 6.45) is 0. The summed E-state index contributed by atoms with van der Waals surface area (Å²) in [6, 6.07) is 27.0. The van der Waals surface area contributed by atoms with Crippen molar-refractivity contribution >= 4 is 51.3 Å². The molecule has 0 bridgehead atoms. The molecule has 0 radical (unpaired) electrons. The van der Waals surface area contributed by atoms with Crippen LogP contribution < -0.4 is 8.20 Å². The van der Waals surface area contributed by atoms with Crippen LogP contribution >= 0.6 is 0 Å². The van der Waals surface area contributed by atoms with E-state index in [0.717, 1.165) is 20.6 Å². The Morgan fingerprint density at radius 3 is 2.08 bits per heavy atom. The third kappa shape index (κ3) is 2.08. The van der Waals surface area contributed by atoms with E-state index in [1.807, 2.05) is 30.3 Å². The SMILES string of the molecule is O=[SH]1(c2ccc3ccccc3c2)N[Se]c2cc3ccccc3cc21. The van der Waals surface area contributed by atoms with E-state index in [-0.39, 0.29) is 15.2 Å². The number of rotatable bonds is 1. The number of thiol groups is 1. The Hall–Kier alpha value is -1.97.